The minimum atomic E-state index is -0.493. The molecule has 2 atom stereocenters. The Morgan fingerprint density at radius 2 is 2.25 bits per heavy atom. The molecule has 1 aromatic rings. The maximum absolute atomic E-state index is 10.6. The molecule has 3 rings (SSSR count). The fourth-order valence-corrected chi connectivity index (χ4v) is 4.54. The van der Waals surface area contributed by atoms with Crippen molar-refractivity contribution in [1.29, 1.82) is 0 Å². The molecular weight excluding hydrogens is 272 g/mol. The van der Waals surface area contributed by atoms with Crippen LogP contribution in [0.4, 0.5) is 0 Å². The fraction of sp³-hybridized carbons (Fsp3) is 0.733. The molecule has 4 nitrogen and oxygen atoms in total. The Morgan fingerprint density at radius 3 is 3.00 bits per heavy atom. The van der Waals surface area contributed by atoms with Crippen LogP contribution in [-0.4, -0.2) is 38.8 Å². The lowest BCUT2D eigenvalue weighted by Crippen LogP contribution is -2.44. The lowest BCUT2D eigenvalue weighted by Gasteiger charge is -2.44. The second-order valence-electron chi connectivity index (χ2n) is 5.87. The van der Waals surface area contributed by atoms with Gasteiger partial charge >= 0.3 is 0 Å². The van der Waals surface area contributed by atoms with Crippen LogP contribution in [0.2, 0.25) is 0 Å². The number of hydrogen-bond acceptors (Lipinski definition) is 5. The monoisotopic (exact) mass is 294 g/mol. The summed E-state index contributed by atoms with van der Waals surface area (Å²) in [6.45, 7) is 2.62. The predicted octanol–water partition coefficient (Wildman–Crippen LogP) is 2.51. The molecule has 0 aromatic carbocycles. The molecule has 2 fully saturated rings. The van der Waals surface area contributed by atoms with Gasteiger partial charge in [-0.1, -0.05) is 0 Å². The molecule has 1 spiro atoms. The van der Waals surface area contributed by atoms with Gasteiger partial charge in [0.05, 0.1) is 17.4 Å². The van der Waals surface area contributed by atoms with E-state index in [1.807, 2.05) is 24.8 Å². The summed E-state index contributed by atoms with van der Waals surface area (Å²) >= 11 is 2.01. The SMILES string of the molecule is Cc1nccc(C(O)C2CCOC3(CCSCC3)C2)n1. The first kappa shape index (κ1) is 14.3. The summed E-state index contributed by atoms with van der Waals surface area (Å²) in [6.07, 6.45) is 5.34. The molecule has 2 unspecified atom stereocenters. The smallest absolute Gasteiger partial charge is 0.125 e. The molecule has 2 aliphatic heterocycles. The van der Waals surface area contributed by atoms with E-state index in [9.17, 15) is 5.11 Å². The van der Waals surface area contributed by atoms with E-state index in [1.54, 1.807) is 6.20 Å². The molecule has 0 bridgehead atoms. The number of aliphatic hydroxyl groups excluding tert-OH is 1. The third-order valence-corrected chi connectivity index (χ3v) is 5.47. The topological polar surface area (TPSA) is 55.2 Å². The predicted molar refractivity (Wildman–Crippen MR) is 79.7 cm³/mol. The van der Waals surface area contributed by atoms with E-state index in [0.29, 0.717) is 0 Å². The van der Waals surface area contributed by atoms with Gasteiger partial charge in [0.1, 0.15) is 5.82 Å². The largest absolute Gasteiger partial charge is 0.387 e. The van der Waals surface area contributed by atoms with Crippen LogP contribution in [0.1, 0.15) is 43.3 Å². The van der Waals surface area contributed by atoms with Crippen LogP contribution in [0, 0.1) is 12.8 Å². The van der Waals surface area contributed by atoms with Gasteiger partial charge in [0.15, 0.2) is 0 Å². The van der Waals surface area contributed by atoms with Gasteiger partial charge in [-0.3, -0.25) is 0 Å². The maximum atomic E-state index is 10.6. The van der Waals surface area contributed by atoms with E-state index in [4.69, 9.17) is 4.74 Å². The number of rotatable bonds is 2. The van der Waals surface area contributed by atoms with Crippen LogP contribution in [0.15, 0.2) is 12.3 Å². The minimum absolute atomic E-state index is 0.0111. The van der Waals surface area contributed by atoms with Gasteiger partial charge in [0.2, 0.25) is 0 Å². The Balaban J connectivity index is 1.73. The average molecular weight is 294 g/mol. The van der Waals surface area contributed by atoms with Crippen LogP contribution < -0.4 is 0 Å². The number of aryl methyl sites for hydroxylation is 1. The molecule has 2 aliphatic rings. The minimum Gasteiger partial charge on any atom is -0.387 e. The van der Waals surface area contributed by atoms with Gasteiger partial charge in [-0.15, -0.1) is 0 Å². The number of aromatic nitrogens is 2. The van der Waals surface area contributed by atoms with Crippen molar-refractivity contribution in [1.82, 2.24) is 9.97 Å². The summed E-state index contributed by atoms with van der Waals surface area (Å²) in [7, 11) is 0. The zero-order chi connectivity index (χ0) is 14.0. The van der Waals surface area contributed by atoms with Crippen LogP contribution >= 0.6 is 11.8 Å². The van der Waals surface area contributed by atoms with Crippen LogP contribution in [0.5, 0.6) is 0 Å². The van der Waals surface area contributed by atoms with Gasteiger partial charge in [-0.25, -0.2) is 9.97 Å². The van der Waals surface area contributed by atoms with E-state index in [2.05, 4.69) is 9.97 Å². The molecule has 1 N–H and O–H groups in total. The fourth-order valence-electron chi connectivity index (χ4n) is 3.31. The molecule has 0 radical (unpaired) electrons. The van der Waals surface area contributed by atoms with Crippen molar-refractivity contribution >= 4 is 11.8 Å². The Kier molecular flexibility index (Phi) is 4.29. The van der Waals surface area contributed by atoms with Gasteiger partial charge in [0, 0.05) is 12.8 Å². The van der Waals surface area contributed by atoms with Crippen molar-refractivity contribution in [2.45, 2.75) is 44.3 Å². The summed E-state index contributed by atoms with van der Waals surface area (Å²) in [6, 6.07) is 1.83. The molecule has 0 aliphatic carbocycles. The summed E-state index contributed by atoms with van der Waals surface area (Å²) in [5.41, 5.74) is 0.766. The number of ether oxygens (including phenoxy) is 1. The summed E-state index contributed by atoms with van der Waals surface area (Å²) < 4.78 is 6.09. The maximum Gasteiger partial charge on any atom is 0.125 e. The van der Waals surface area contributed by atoms with E-state index in [-0.39, 0.29) is 11.5 Å². The number of thioether (sulfide) groups is 1. The van der Waals surface area contributed by atoms with Crippen molar-refractivity contribution < 1.29 is 9.84 Å². The van der Waals surface area contributed by atoms with Gasteiger partial charge in [-0.05, 0) is 56.1 Å². The number of aliphatic hydroxyl groups is 1. The highest BCUT2D eigenvalue weighted by Gasteiger charge is 2.41. The highest BCUT2D eigenvalue weighted by Crippen LogP contribution is 2.43. The Labute approximate surface area is 124 Å². The van der Waals surface area contributed by atoms with Crippen LogP contribution in [0.3, 0.4) is 0 Å². The van der Waals surface area contributed by atoms with Gasteiger partial charge in [-0.2, -0.15) is 11.8 Å². The van der Waals surface area contributed by atoms with Crippen molar-refractivity contribution in [3.05, 3.63) is 23.8 Å². The lowest BCUT2D eigenvalue weighted by molar-refractivity contribution is -0.121. The summed E-state index contributed by atoms with van der Waals surface area (Å²) in [4.78, 5) is 8.48. The van der Waals surface area contributed by atoms with E-state index in [1.165, 1.54) is 11.5 Å². The van der Waals surface area contributed by atoms with Gasteiger partial charge in [0.25, 0.3) is 0 Å². The Morgan fingerprint density at radius 1 is 1.45 bits per heavy atom. The van der Waals surface area contributed by atoms with Crippen LogP contribution in [0.25, 0.3) is 0 Å². The number of nitrogens with zero attached hydrogens (tertiary/aromatic N) is 2. The molecule has 110 valence electrons. The first-order valence-corrected chi connectivity index (χ1v) is 8.53. The van der Waals surface area contributed by atoms with Crippen LogP contribution in [-0.2, 0) is 4.74 Å². The standard InChI is InChI=1S/C15H22N2O2S/c1-11-16-6-2-13(17-11)14(18)12-3-7-19-15(10-12)4-8-20-9-5-15/h2,6,12,14,18H,3-5,7-10H2,1H3. The van der Waals surface area contributed by atoms with E-state index < -0.39 is 6.10 Å². The summed E-state index contributed by atoms with van der Waals surface area (Å²) in [5, 5.41) is 10.6. The molecule has 5 heteroatoms. The number of hydrogen-bond donors (Lipinski definition) is 1. The van der Waals surface area contributed by atoms with Crippen molar-refractivity contribution in [3.8, 4) is 0 Å². The zero-order valence-corrected chi connectivity index (χ0v) is 12.7. The second-order valence-corrected chi connectivity index (χ2v) is 7.10. The highest BCUT2D eigenvalue weighted by molar-refractivity contribution is 7.99. The third-order valence-electron chi connectivity index (χ3n) is 4.48. The Hall–Kier alpha value is -0.650. The molecule has 0 amide bonds. The normalized spacial score (nSPS) is 27.4. The first-order chi connectivity index (χ1) is 9.69. The second kappa shape index (κ2) is 6.00. The average Bonchev–Trinajstić information content (AvgIpc) is 2.47. The van der Waals surface area contributed by atoms with Crippen molar-refractivity contribution in [3.63, 3.8) is 0 Å². The molecule has 3 heterocycles. The third kappa shape index (κ3) is 3.00. The Bertz CT molecular complexity index is 457. The first-order valence-electron chi connectivity index (χ1n) is 7.38. The highest BCUT2D eigenvalue weighted by atomic mass is 32.2. The molecule has 1 aromatic heterocycles. The molecule has 0 saturated carbocycles. The zero-order valence-electron chi connectivity index (χ0n) is 11.9. The molecular formula is C15H22N2O2S. The molecule has 20 heavy (non-hydrogen) atoms. The summed E-state index contributed by atoms with van der Waals surface area (Å²) in [5.74, 6) is 3.32. The van der Waals surface area contributed by atoms with Crippen molar-refractivity contribution in [2.24, 2.45) is 5.92 Å². The van der Waals surface area contributed by atoms with Gasteiger partial charge < -0.3 is 9.84 Å². The lowest BCUT2D eigenvalue weighted by atomic mass is 9.79. The van der Waals surface area contributed by atoms with Crippen molar-refractivity contribution in [2.75, 3.05) is 18.1 Å². The van der Waals surface area contributed by atoms with E-state index >= 15 is 0 Å². The van der Waals surface area contributed by atoms with E-state index in [0.717, 1.165) is 43.8 Å². The quantitative estimate of drug-likeness (QED) is 0.908. The molecule has 2 saturated heterocycles.